The third-order valence-electron chi connectivity index (χ3n) is 4.74. The fraction of sp³-hybridized carbons (Fsp3) is 0.545. The molecule has 0 radical (unpaired) electrons. The Kier molecular flexibility index (Phi) is 6.07. The molecule has 7 atom stereocenters. The first-order valence-corrected chi connectivity index (χ1v) is 12.6. The molecule has 1 saturated carbocycles. The lowest BCUT2D eigenvalue weighted by molar-refractivity contribution is -0.164. The number of phosphoric acid groups is 3. The van der Waals surface area contributed by atoms with Crippen molar-refractivity contribution in [3.8, 4) is 6.07 Å². The van der Waals surface area contributed by atoms with Crippen molar-refractivity contribution in [1.82, 2.24) is 9.55 Å². The maximum Gasteiger partial charge on any atom is 0.490 e. The number of nitriles is 1. The number of hydrogen-bond acceptors (Lipinski definition) is 12. The van der Waals surface area contributed by atoms with E-state index in [1.54, 1.807) is 4.98 Å². The normalized spacial score (nSPS) is 36.9. The number of phosphoric ester groups is 1. The van der Waals surface area contributed by atoms with Crippen molar-refractivity contribution in [3.05, 3.63) is 33.1 Å². The van der Waals surface area contributed by atoms with Crippen molar-refractivity contribution in [2.45, 2.75) is 29.1 Å². The number of nitrogens with zero attached hydrogens (tertiary/aromatic N) is 2. The Bertz CT molecular complexity index is 1280. The van der Waals surface area contributed by atoms with Gasteiger partial charge in [0.15, 0.2) is 17.3 Å². The summed E-state index contributed by atoms with van der Waals surface area (Å²) in [6.07, 6.45) is -4.30. The number of nitrogens with one attached hydrogen (secondary N) is 1. The molecule has 0 bridgehead atoms. The van der Waals surface area contributed by atoms with Crippen molar-refractivity contribution in [2.24, 2.45) is 0 Å². The first-order valence-electron chi connectivity index (χ1n) is 8.12. The van der Waals surface area contributed by atoms with E-state index in [9.17, 15) is 48.0 Å². The van der Waals surface area contributed by atoms with Gasteiger partial charge in [-0.1, -0.05) is 0 Å². The zero-order chi connectivity index (χ0) is 25.3. The maximum atomic E-state index is 13.9. The quantitative estimate of drug-likeness (QED) is 0.165. The van der Waals surface area contributed by atoms with Crippen molar-refractivity contribution < 1.29 is 65.8 Å². The van der Waals surface area contributed by atoms with Gasteiger partial charge in [0.25, 0.3) is 11.3 Å². The first kappa shape index (κ1) is 26.0. The van der Waals surface area contributed by atoms with E-state index in [4.69, 9.17) is 19.4 Å². The average molecular weight is 539 g/mol. The summed E-state index contributed by atoms with van der Waals surface area (Å²) in [5, 5.41) is 30.8. The van der Waals surface area contributed by atoms with E-state index in [0.29, 0.717) is 10.8 Å². The zero-order valence-corrected chi connectivity index (χ0v) is 18.2. The molecule has 1 aliphatic heterocycles. The summed E-state index contributed by atoms with van der Waals surface area (Å²) in [4.78, 5) is 60.8. The second kappa shape index (κ2) is 7.70. The minimum atomic E-state index is -5.96. The summed E-state index contributed by atoms with van der Waals surface area (Å²) in [7, 11) is -17.6. The summed E-state index contributed by atoms with van der Waals surface area (Å²) in [5.74, 6) is 0. The van der Waals surface area contributed by atoms with Crippen LogP contribution >= 0.6 is 23.5 Å². The maximum absolute atomic E-state index is 13.9. The highest BCUT2D eigenvalue weighted by atomic mass is 31.3. The molecule has 7 N–H and O–H groups in total. The smallest absolute Gasteiger partial charge is 0.384 e. The fourth-order valence-corrected chi connectivity index (χ4v) is 6.68. The highest BCUT2D eigenvalue weighted by molar-refractivity contribution is 7.66. The molecule has 1 aromatic heterocycles. The van der Waals surface area contributed by atoms with Crippen LogP contribution in [0.5, 0.6) is 0 Å². The number of halogens is 1. The van der Waals surface area contributed by atoms with Crippen molar-refractivity contribution in [2.75, 3.05) is 6.67 Å². The van der Waals surface area contributed by atoms with E-state index in [1.165, 1.54) is 6.07 Å². The van der Waals surface area contributed by atoms with Gasteiger partial charge < -0.3 is 34.5 Å². The monoisotopic (exact) mass is 539 g/mol. The Morgan fingerprint density at radius 2 is 1.82 bits per heavy atom. The van der Waals surface area contributed by atoms with Gasteiger partial charge in [0.2, 0.25) is 0 Å². The van der Waals surface area contributed by atoms with Crippen molar-refractivity contribution in [3.63, 3.8) is 0 Å². The summed E-state index contributed by atoms with van der Waals surface area (Å²) in [6, 6.07) is 2.05. The lowest BCUT2D eigenvalue weighted by Crippen LogP contribution is -2.54. The molecular formula is C11H13FN3O15P3. The van der Waals surface area contributed by atoms with Gasteiger partial charge in [-0.05, 0) is 0 Å². The van der Waals surface area contributed by atoms with Crippen LogP contribution in [-0.4, -0.2) is 69.4 Å². The van der Waals surface area contributed by atoms with Gasteiger partial charge >= 0.3 is 29.2 Å². The summed E-state index contributed by atoms with van der Waals surface area (Å²) >= 11 is 0. The highest BCUT2D eigenvalue weighted by Gasteiger charge is 2.93. The van der Waals surface area contributed by atoms with E-state index in [0.717, 1.165) is 6.07 Å². The highest BCUT2D eigenvalue weighted by Crippen LogP contribution is 2.72. The predicted molar refractivity (Wildman–Crippen MR) is 94.4 cm³/mol. The molecule has 0 amide bonds. The number of aliphatic hydroxyl groups is 2. The van der Waals surface area contributed by atoms with Crippen LogP contribution in [0, 0.1) is 11.3 Å². The Hall–Kier alpha value is -1.61. The van der Waals surface area contributed by atoms with Crippen LogP contribution in [-0.2, 0) is 37.3 Å². The zero-order valence-electron chi connectivity index (χ0n) is 15.5. The van der Waals surface area contributed by atoms with Gasteiger partial charge in [0.05, 0.1) is 0 Å². The molecule has 1 saturated heterocycles. The number of aromatic amines is 1. The number of rotatable bonds is 8. The van der Waals surface area contributed by atoms with Crippen molar-refractivity contribution >= 4 is 23.5 Å². The molecule has 2 aliphatic rings. The standard InChI is InChI=1S/C11H13FN3O15P3/c12-3-9-7(27-32(23,24)30-33(25,26)29-31(20,21)22)11(9,19)6(17)10(4-13,28-9)15-2-1-5(16)14-8(15)18/h1-2,6-7,17,19H,3H2,(H,23,24)(H,25,26)(H,14,16,18)(H2,20,21,22)/t6-,7?,9+,10+,11+/m0/s1. The van der Waals surface area contributed by atoms with Crippen LogP contribution in [0.4, 0.5) is 4.39 Å². The van der Waals surface area contributed by atoms with E-state index in [2.05, 4.69) is 13.1 Å². The van der Waals surface area contributed by atoms with Crippen LogP contribution in [0.3, 0.4) is 0 Å². The first-order chi connectivity index (χ1) is 14.9. The minimum absolute atomic E-state index is 0.294. The molecule has 1 aliphatic carbocycles. The summed E-state index contributed by atoms with van der Waals surface area (Å²) in [6.45, 7) is -1.83. The van der Waals surface area contributed by atoms with Crippen molar-refractivity contribution in [1.29, 1.82) is 5.26 Å². The van der Waals surface area contributed by atoms with E-state index >= 15 is 0 Å². The van der Waals surface area contributed by atoms with Gasteiger partial charge in [-0.2, -0.15) is 13.9 Å². The third-order valence-corrected chi connectivity index (χ3v) is 8.54. The lowest BCUT2D eigenvalue weighted by Gasteiger charge is -2.31. The van der Waals surface area contributed by atoms with Gasteiger partial charge in [-0.25, -0.2) is 22.9 Å². The summed E-state index contributed by atoms with van der Waals surface area (Å²) < 4.78 is 64.7. The van der Waals surface area contributed by atoms with Crippen LogP contribution in [0.15, 0.2) is 21.9 Å². The number of H-pyrrole nitrogens is 1. The van der Waals surface area contributed by atoms with E-state index in [-0.39, 0.29) is 0 Å². The van der Waals surface area contributed by atoms with E-state index in [1.807, 2.05) is 0 Å². The van der Waals surface area contributed by atoms with Crippen LogP contribution in [0.1, 0.15) is 0 Å². The van der Waals surface area contributed by atoms with Crippen LogP contribution in [0.25, 0.3) is 0 Å². The predicted octanol–water partition coefficient (Wildman–Crippen LogP) is -2.73. The Balaban J connectivity index is 1.93. The molecule has 3 rings (SSSR count). The average Bonchev–Trinajstić information content (AvgIpc) is 3.03. The lowest BCUT2D eigenvalue weighted by atomic mass is 10.0. The third kappa shape index (κ3) is 4.09. The molecule has 0 aromatic carbocycles. The second-order valence-corrected chi connectivity index (χ2v) is 11.1. The minimum Gasteiger partial charge on any atom is -0.384 e. The SMILES string of the molecule is N#C[C@@]1(n2ccc(=O)[nH]c2=O)O[C@]2(CF)C(OP(=O)(O)OP(=O)(O)OP(=O)(O)O)[C@]2(O)[C@H]1O. The van der Waals surface area contributed by atoms with Crippen LogP contribution in [0.2, 0.25) is 0 Å². The number of aliphatic hydroxyl groups excluding tert-OH is 1. The Morgan fingerprint density at radius 1 is 1.21 bits per heavy atom. The number of fused-ring (bicyclic) bond motifs is 1. The molecule has 1 aromatic rings. The fourth-order valence-electron chi connectivity index (χ4n) is 3.42. The van der Waals surface area contributed by atoms with E-state index < -0.39 is 70.5 Å². The topological polar surface area (TPSA) is 288 Å². The van der Waals surface area contributed by atoms with Crippen LogP contribution < -0.4 is 11.2 Å². The molecular weight excluding hydrogens is 526 g/mol. The number of aromatic nitrogens is 2. The number of hydrogen-bond donors (Lipinski definition) is 7. The Labute approximate surface area is 179 Å². The molecule has 22 heteroatoms. The molecule has 3 unspecified atom stereocenters. The number of ether oxygens (including phenoxy) is 1. The molecule has 2 heterocycles. The molecule has 184 valence electrons. The molecule has 2 fully saturated rings. The van der Waals surface area contributed by atoms with Gasteiger partial charge in [-0.3, -0.25) is 18.9 Å². The second-order valence-electron chi connectivity index (χ2n) is 6.72. The molecule has 18 nitrogen and oxygen atoms in total. The van der Waals surface area contributed by atoms with Gasteiger partial charge in [-0.15, -0.1) is 0 Å². The largest absolute Gasteiger partial charge is 0.490 e. The summed E-state index contributed by atoms with van der Waals surface area (Å²) in [5.41, 5.74) is -11.0. The molecule has 33 heavy (non-hydrogen) atoms. The van der Waals surface area contributed by atoms with Gasteiger partial charge in [0, 0.05) is 12.3 Å². The number of alkyl halides is 1. The van der Waals surface area contributed by atoms with Gasteiger partial charge in [0.1, 0.15) is 18.8 Å². The Morgan fingerprint density at radius 3 is 2.27 bits per heavy atom. The molecule has 0 spiro atoms.